The summed E-state index contributed by atoms with van der Waals surface area (Å²) in [7, 11) is 0. The maximum atomic E-state index is 13.0. The van der Waals surface area contributed by atoms with Crippen LogP contribution < -0.4 is 10.9 Å². The molecule has 2 N–H and O–H groups in total. The second kappa shape index (κ2) is 8.30. The first kappa shape index (κ1) is 20.1. The largest absolute Gasteiger partial charge is 0.321 e. The van der Waals surface area contributed by atoms with Crippen molar-refractivity contribution in [1.29, 1.82) is 0 Å². The molecule has 0 aliphatic heterocycles. The summed E-state index contributed by atoms with van der Waals surface area (Å²) < 4.78 is 1.41. The molecule has 0 unspecified atom stereocenters. The number of H-pyrrole nitrogens is 1. The number of hydrogen-bond donors (Lipinski definition) is 2. The molecule has 0 saturated carbocycles. The predicted octanol–water partition coefficient (Wildman–Crippen LogP) is 4.74. The standard InChI is InChI=1S/C22H19ClN4O2S/c1-13-18(12-15-6-4-3-5-7-15)21(29)27(26-13)22-24-14(2)19(30-22)20(28)25-17-10-8-16(23)9-11-17/h3-11,26H,12H2,1-2H3,(H,25,28). The van der Waals surface area contributed by atoms with Crippen molar-refractivity contribution in [1.82, 2.24) is 14.8 Å². The van der Waals surface area contributed by atoms with Crippen LogP contribution in [0.4, 0.5) is 5.69 Å². The Bertz CT molecular complexity index is 1260. The molecule has 0 atom stereocenters. The van der Waals surface area contributed by atoms with Gasteiger partial charge in [-0.1, -0.05) is 53.3 Å². The van der Waals surface area contributed by atoms with Crippen molar-refractivity contribution in [2.75, 3.05) is 5.32 Å². The van der Waals surface area contributed by atoms with Crippen molar-refractivity contribution >= 4 is 34.5 Å². The Hall–Kier alpha value is -3.16. The molecular formula is C22H19ClN4O2S. The van der Waals surface area contributed by atoms with Crippen molar-refractivity contribution < 1.29 is 4.79 Å². The van der Waals surface area contributed by atoms with Gasteiger partial charge in [-0.15, -0.1) is 0 Å². The van der Waals surface area contributed by atoms with Gasteiger partial charge < -0.3 is 5.32 Å². The van der Waals surface area contributed by atoms with E-state index in [2.05, 4.69) is 15.4 Å². The van der Waals surface area contributed by atoms with Crippen molar-refractivity contribution in [2.45, 2.75) is 20.3 Å². The van der Waals surface area contributed by atoms with Crippen LogP contribution in [0.5, 0.6) is 0 Å². The molecule has 0 fully saturated rings. The first-order valence-corrected chi connectivity index (χ1v) is 10.5. The van der Waals surface area contributed by atoms with Crippen LogP contribution in [0.15, 0.2) is 59.4 Å². The molecule has 0 radical (unpaired) electrons. The third kappa shape index (κ3) is 4.08. The van der Waals surface area contributed by atoms with Crippen molar-refractivity contribution in [3.8, 4) is 5.13 Å². The molecule has 0 bridgehead atoms. The number of amides is 1. The highest BCUT2D eigenvalue weighted by molar-refractivity contribution is 7.16. The number of carbonyl (C=O) groups excluding carboxylic acids is 1. The fraction of sp³-hybridized carbons (Fsp3) is 0.136. The van der Waals surface area contributed by atoms with Gasteiger partial charge in [0.2, 0.25) is 5.13 Å². The molecule has 2 aromatic carbocycles. The summed E-state index contributed by atoms with van der Waals surface area (Å²) in [6, 6.07) is 16.7. The van der Waals surface area contributed by atoms with Gasteiger partial charge in [-0.05, 0) is 43.7 Å². The zero-order valence-corrected chi connectivity index (χ0v) is 18.0. The van der Waals surface area contributed by atoms with E-state index < -0.39 is 0 Å². The van der Waals surface area contributed by atoms with E-state index in [0.717, 1.165) is 11.3 Å². The number of hydrogen-bond acceptors (Lipinski definition) is 4. The molecule has 6 nitrogen and oxygen atoms in total. The lowest BCUT2D eigenvalue weighted by Gasteiger charge is -2.03. The zero-order valence-electron chi connectivity index (χ0n) is 16.4. The van der Waals surface area contributed by atoms with Gasteiger partial charge in [-0.3, -0.25) is 14.7 Å². The molecule has 1 amide bonds. The molecule has 0 saturated heterocycles. The summed E-state index contributed by atoms with van der Waals surface area (Å²) >= 11 is 7.05. The molecular weight excluding hydrogens is 420 g/mol. The van der Waals surface area contributed by atoms with E-state index >= 15 is 0 Å². The van der Waals surface area contributed by atoms with E-state index in [1.54, 1.807) is 31.2 Å². The molecule has 0 aliphatic rings. The van der Waals surface area contributed by atoms with Gasteiger partial charge >= 0.3 is 0 Å². The maximum absolute atomic E-state index is 13.0. The van der Waals surface area contributed by atoms with Crippen molar-refractivity contribution in [3.05, 3.63) is 97.4 Å². The van der Waals surface area contributed by atoms with Crippen molar-refractivity contribution in [3.63, 3.8) is 0 Å². The van der Waals surface area contributed by atoms with E-state index in [9.17, 15) is 9.59 Å². The number of nitrogens with one attached hydrogen (secondary N) is 2. The van der Waals surface area contributed by atoms with Crippen LogP contribution in [0.3, 0.4) is 0 Å². The molecule has 8 heteroatoms. The molecule has 4 aromatic rings. The first-order chi connectivity index (χ1) is 14.4. The topological polar surface area (TPSA) is 79.8 Å². The number of anilines is 1. The fourth-order valence-electron chi connectivity index (χ4n) is 3.13. The lowest BCUT2D eigenvalue weighted by molar-refractivity contribution is 0.103. The number of thiazole rings is 1. The maximum Gasteiger partial charge on any atom is 0.277 e. The minimum atomic E-state index is -0.278. The Kier molecular flexibility index (Phi) is 5.57. The van der Waals surface area contributed by atoms with Gasteiger partial charge in [0, 0.05) is 28.4 Å². The van der Waals surface area contributed by atoms with Crippen LogP contribution >= 0.6 is 22.9 Å². The monoisotopic (exact) mass is 438 g/mol. The van der Waals surface area contributed by atoms with Gasteiger partial charge in [0.15, 0.2) is 0 Å². The zero-order chi connectivity index (χ0) is 21.3. The summed E-state index contributed by atoms with van der Waals surface area (Å²) in [5, 5.41) is 6.95. The molecule has 2 heterocycles. The first-order valence-electron chi connectivity index (χ1n) is 9.31. The summed E-state index contributed by atoms with van der Waals surface area (Å²) in [4.78, 5) is 30.6. The third-order valence-electron chi connectivity index (χ3n) is 4.70. The summed E-state index contributed by atoms with van der Waals surface area (Å²) in [6.45, 7) is 3.62. The lowest BCUT2D eigenvalue weighted by Crippen LogP contribution is -2.17. The number of benzene rings is 2. The van der Waals surface area contributed by atoms with Crippen LogP contribution in [0.25, 0.3) is 5.13 Å². The minimum Gasteiger partial charge on any atom is -0.321 e. The normalized spacial score (nSPS) is 10.9. The molecule has 2 aromatic heterocycles. The average Bonchev–Trinajstić information content (AvgIpc) is 3.25. The van der Waals surface area contributed by atoms with Crippen LogP contribution in [0, 0.1) is 13.8 Å². The number of halogens is 1. The quantitative estimate of drug-likeness (QED) is 0.472. The molecule has 0 aliphatic carbocycles. The summed E-state index contributed by atoms with van der Waals surface area (Å²) in [5.74, 6) is -0.278. The highest BCUT2D eigenvalue weighted by Crippen LogP contribution is 2.23. The van der Waals surface area contributed by atoms with E-state index in [0.29, 0.717) is 38.4 Å². The Morgan fingerprint density at radius 2 is 1.83 bits per heavy atom. The summed E-state index contributed by atoms with van der Waals surface area (Å²) in [6.07, 6.45) is 0.531. The van der Waals surface area contributed by atoms with Crippen LogP contribution in [-0.4, -0.2) is 20.7 Å². The van der Waals surface area contributed by atoms with Gasteiger partial charge in [0.1, 0.15) is 4.88 Å². The van der Waals surface area contributed by atoms with E-state index in [-0.39, 0.29) is 11.5 Å². The van der Waals surface area contributed by atoms with Gasteiger partial charge in [-0.2, -0.15) is 4.68 Å². The van der Waals surface area contributed by atoms with Gasteiger partial charge in [0.25, 0.3) is 11.5 Å². The molecule has 152 valence electrons. The smallest absolute Gasteiger partial charge is 0.277 e. The predicted molar refractivity (Wildman–Crippen MR) is 120 cm³/mol. The van der Waals surface area contributed by atoms with Gasteiger partial charge in [0.05, 0.1) is 5.69 Å². The number of aromatic nitrogens is 3. The van der Waals surface area contributed by atoms with E-state index in [1.165, 1.54) is 16.0 Å². The van der Waals surface area contributed by atoms with E-state index in [4.69, 9.17) is 11.6 Å². The second-order valence-electron chi connectivity index (χ2n) is 6.89. The Morgan fingerprint density at radius 1 is 1.13 bits per heavy atom. The molecule has 30 heavy (non-hydrogen) atoms. The highest BCUT2D eigenvalue weighted by Gasteiger charge is 2.20. The number of carbonyl (C=O) groups is 1. The SMILES string of the molecule is Cc1nc(-n2[nH]c(C)c(Cc3ccccc3)c2=O)sc1C(=O)Nc1ccc(Cl)cc1. The van der Waals surface area contributed by atoms with Gasteiger partial charge in [-0.25, -0.2) is 4.98 Å². The molecule has 4 rings (SSSR count). The number of rotatable bonds is 5. The Morgan fingerprint density at radius 3 is 2.53 bits per heavy atom. The third-order valence-corrected chi connectivity index (χ3v) is 6.10. The molecule has 0 spiro atoms. The van der Waals surface area contributed by atoms with Crippen LogP contribution in [0.2, 0.25) is 5.02 Å². The number of nitrogens with zero attached hydrogens (tertiary/aromatic N) is 2. The number of aryl methyl sites for hydroxylation is 2. The lowest BCUT2D eigenvalue weighted by atomic mass is 10.1. The Balaban J connectivity index is 1.61. The fourth-order valence-corrected chi connectivity index (χ4v) is 4.18. The average molecular weight is 439 g/mol. The minimum absolute atomic E-state index is 0.158. The van der Waals surface area contributed by atoms with Crippen LogP contribution in [0.1, 0.15) is 32.2 Å². The second-order valence-corrected chi connectivity index (χ2v) is 8.30. The van der Waals surface area contributed by atoms with Crippen molar-refractivity contribution in [2.24, 2.45) is 0 Å². The van der Waals surface area contributed by atoms with E-state index in [1.807, 2.05) is 37.3 Å². The number of aromatic amines is 1. The highest BCUT2D eigenvalue weighted by atomic mass is 35.5. The summed E-state index contributed by atoms with van der Waals surface area (Å²) in [5.41, 5.74) is 3.56. The Labute approximate surface area is 182 Å². The van der Waals surface area contributed by atoms with Crippen LogP contribution in [-0.2, 0) is 6.42 Å².